The number of amides is 1. The number of hydrogen-bond acceptors (Lipinski definition) is 8. The van der Waals surface area contributed by atoms with Gasteiger partial charge in [-0.3, -0.25) is 29.9 Å². The Kier molecular flexibility index (Phi) is 6.46. The molecule has 11 nitrogen and oxygen atoms in total. The highest BCUT2D eigenvalue weighted by molar-refractivity contribution is 9.10. The third kappa shape index (κ3) is 3.85. The van der Waals surface area contributed by atoms with Crippen LogP contribution in [0.4, 0.5) is 11.4 Å². The summed E-state index contributed by atoms with van der Waals surface area (Å²) in [4.78, 5) is 38.9. The first kappa shape index (κ1) is 26.2. The minimum atomic E-state index is -1.41. The van der Waals surface area contributed by atoms with Gasteiger partial charge in [0.15, 0.2) is 17.0 Å². The molecule has 1 spiro atoms. The maximum Gasteiger partial charge on any atom is 0.269 e. The summed E-state index contributed by atoms with van der Waals surface area (Å²) < 4.78 is 12.2. The summed E-state index contributed by atoms with van der Waals surface area (Å²) in [5, 5.41) is 26.9. The summed E-state index contributed by atoms with van der Waals surface area (Å²) in [7, 11) is 1.48. The van der Waals surface area contributed by atoms with E-state index in [9.17, 15) is 25.0 Å². The van der Waals surface area contributed by atoms with Gasteiger partial charge in [-0.2, -0.15) is 0 Å². The van der Waals surface area contributed by atoms with Crippen LogP contribution in [0.1, 0.15) is 35.4 Å². The average molecular weight is 609 g/mol. The highest BCUT2D eigenvalue weighted by atomic mass is 79.9. The number of methoxy groups -OCH3 is 1. The Balaban J connectivity index is 1.40. The van der Waals surface area contributed by atoms with Gasteiger partial charge in [0.05, 0.1) is 22.4 Å². The zero-order chi connectivity index (χ0) is 28.2. The van der Waals surface area contributed by atoms with Crippen molar-refractivity contribution in [2.75, 3.05) is 19.0 Å². The van der Waals surface area contributed by atoms with Crippen molar-refractivity contribution in [3.63, 3.8) is 0 Å². The van der Waals surface area contributed by atoms with Crippen LogP contribution in [0.3, 0.4) is 0 Å². The van der Waals surface area contributed by atoms with E-state index in [0.29, 0.717) is 44.9 Å². The third-order valence-electron chi connectivity index (χ3n) is 8.24. The molecule has 2 fully saturated rings. The first-order valence-corrected chi connectivity index (χ1v) is 13.6. The predicted molar refractivity (Wildman–Crippen MR) is 148 cm³/mol. The quantitative estimate of drug-likeness (QED) is 0.292. The molecule has 3 aliphatic rings. The first-order valence-electron chi connectivity index (χ1n) is 12.8. The molecule has 206 valence electrons. The number of halogens is 1. The fourth-order valence-corrected chi connectivity index (χ4v) is 7.34. The van der Waals surface area contributed by atoms with E-state index in [1.54, 1.807) is 30.3 Å². The summed E-state index contributed by atoms with van der Waals surface area (Å²) in [6.45, 7) is 0.628. The van der Waals surface area contributed by atoms with E-state index in [0.717, 1.165) is 12.8 Å². The number of rotatable bonds is 7. The topological polar surface area (TPSA) is 137 Å². The zero-order valence-corrected chi connectivity index (χ0v) is 23.0. The Morgan fingerprint density at radius 1 is 1.12 bits per heavy atom. The number of benzene rings is 3. The van der Waals surface area contributed by atoms with E-state index in [-0.39, 0.29) is 29.2 Å². The van der Waals surface area contributed by atoms with Crippen molar-refractivity contribution < 1.29 is 24.1 Å². The maximum absolute atomic E-state index is 13.7. The lowest BCUT2D eigenvalue weighted by Gasteiger charge is -2.32. The van der Waals surface area contributed by atoms with Crippen LogP contribution in [-0.4, -0.2) is 46.4 Å². The smallest absolute Gasteiger partial charge is 0.269 e. The fourth-order valence-electron chi connectivity index (χ4n) is 6.76. The van der Waals surface area contributed by atoms with E-state index in [1.807, 2.05) is 23.1 Å². The molecule has 0 aliphatic carbocycles. The summed E-state index contributed by atoms with van der Waals surface area (Å²) in [6.07, 6.45) is 1.54. The molecule has 3 aromatic rings. The molecule has 0 bridgehead atoms. The van der Waals surface area contributed by atoms with E-state index >= 15 is 0 Å². The molecular weight excluding hydrogens is 584 g/mol. The molecule has 3 aromatic carbocycles. The molecular formula is C28H25BrN4O7. The predicted octanol–water partition coefficient (Wildman–Crippen LogP) is 5.00. The Morgan fingerprint density at radius 2 is 1.93 bits per heavy atom. The van der Waals surface area contributed by atoms with Gasteiger partial charge in [-0.1, -0.05) is 30.3 Å². The Labute approximate surface area is 237 Å². The van der Waals surface area contributed by atoms with Crippen molar-refractivity contribution in [3.8, 4) is 11.5 Å². The molecule has 1 amide bonds. The Bertz CT molecular complexity index is 1550. The molecule has 3 aliphatic heterocycles. The number of nitro benzene ring substituents is 1. The molecule has 40 heavy (non-hydrogen) atoms. The number of fused-ring (bicyclic) bond motifs is 4. The van der Waals surface area contributed by atoms with Crippen LogP contribution in [0.25, 0.3) is 0 Å². The van der Waals surface area contributed by atoms with Crippen LogP contribution < -0.4 is 14.8 Å². The van der Waals surface area contributed by atoms with Gasteiger partial charge in [0, 0.05) is 40.9 Å². The summed E-state index contributed by atoms with van der Waals surface area (Å²) in [6, 6.07) is 15.4. The van der Waals surface area contributed by atoms with Gasteiger partial charge in [-0.25, -0.2) is 0 Å². The second kappa shape index (κ2) is 9.86. The van der Waals surface area contributed by atoms with E-state index < -0.39 is 22.4 Å². The lowest BCUT2D eigenvalue weighted by molar-refractivity contribution is -0.534. The number of nitro groups is 2. The maximum atomic E-state index is 13.7. The minimum absolute atomic E-state index is 0.0397. The van der Waals surface area contributed by atoms with Crippen LogP contribution in [0.2, 0.25) is 0 Å². The molecule has 0 aromatic heterocycles. The highest BCUT2D eigenvalue weighted by Gasteiger charge is 2.73. The third-order valence-corrected chi connectivity index (χ3v) is 8.82. The van der Waals surface area contributed by atoms with Crippen molar-refractivity contribution in [2.24, 2.45) is 0 Å². The molecule has 0 saturated carbocycles. The number of carbonyl (C=O) groups excluding carboxylic acids is 1. The largest absolute Gasteiger partial charge is 0.493 e. The molecule has 3 heterocycles. The molecule has 4 atom stereocenters. The van der Waals surface area contributed by atoms with Gasteiger partial charge in [0.25, 0.3) is 17.6 Å². The number of anilines is 1. The normalized spacial score (nSPS) is 24.9. The molecule has 12 heteroatoms. The number of ether oxygens (including phenoxy) is 2. The van der Waals surface area contributed by atoms with Crippen molar-refractivity contribution in [3.05, 3.63) is 102 Å². The van der Waals surface area contributed by atoms with Crippen LogP contribution in [0, 0.1) is 20.2 Å². The summed E-state index contributed by atoms with van der Waals surface area (Å²) in [5.74, 6) is -0.229. The van der Waals surface area contributed by atoms with Gasteiger partial charge < -0.3 is 14.8 Å². The van der Waals surface area contributed by atoms with Gasteiger partial charge in [-0.15, -0.1) is 0 Å². The number of nitrogens with one attached hydrogen (secondary N) is 1. The average Bonchev–Trinajstić information content (AvgIpc) is 3.60. The van der Waals surface area contributed by atoms with Crippen LogP contribution >= 0.6 is 15.9 Å². The summed E-state index contributed by atoms with van der Waals surface area (Å²) >= 11 is 3.56. The second-order valence-electron chi connectivity index (χ2n) is 10.2. The molecule has 0 unspecified atom stereocenters. The fraction of sp³-hybridized carbons (Fsp3) is 0.321. The van der Waals surface area contributed by atoms with Crippen LogP contribution in [-0.2, 0) is 16.9 Å². The second-order valence-corrected chi connectivity index (χ2v) is 11.0. The molecule has 2 saturated heterocycles. The number of para-hydroxylation sites is 1. The van der Waals surface area contributed by atoms with Crippen LogP contribution in [0.15, 0.2) is 65.1 Å². The molecule has 6 rings (SSSR count). The van der Waals surface area contributed by atoms with E-state index in [4.69, 9.17) is 9.47 Å². The number of carbonyl (C=O) groups is 1. The molecule has 0 radical (unpaired) electrons. The number of non-ortho nitro benzene ring substituents is 1. The van der Waals surface area contributed by atoms with Crippen molar-refractivity contribution in [1.82, 2.24) is 4.90 Å². The van der Waals surface area contributed by atoms with E-state index in [1.165, 1.54) is 19.2 Å². The van der Waals surface area contributed by atoms with Gasteiger partial charge in [0.1, 0.15) is 6.61 Å². The summed E-state index contributed by atoms with van der Waals surface area (Å²) in [5.41, 5.74) is 1.06. The number of hydrogen-bond donors (Lipinski definition) is 1. The standard InChI is InChI=1S/C28H25BrN4O7/c1-39-23-14-17(13-20(29)25(23)40-15-16-6-4-7-18(12-16)32(35)36)24-22-10-5-11-31(22)28(26(24)33(37)38)19-8-2-3-9-21(19)30-27(28)34/h2-4,6-9,12-14,22,24,26H,5,10-11,15H2,1H3,(H,30,34)/t22-,24+,26+,28-/m0/s1. The lowest BCUT2D eigenvalue weighted by atomic mass is 9.77. The first-order chi connectivity index (χ1) is 19.3. The minimum Gasteiger partial charge on any atom is -0.493 e. The Morgan fingerprint density at radius 3 is 2.67 bits per heavy atom. The SMILES string of the molecule is COc1cc([C@@H]2[C@@H]3CCCN3[C@]3(C(=O)Nc4ccccc43)[C@@H]2[N+](=O)[O-])cc(Br)c1OCc1cccc([N+](=O)[O-])c1. The number of nitrogens with zero attached hydrogens (tertiary/aromatic N) is 3. The molecule has 1 N–H and O–H groups in total. The van der Waals surface area contributed by atoms with E-state index in [2.05, 4.69) is 21.2 Å². The van der Waals surface area contributed by atoms with Crippen molar-refractivity contribution in [2.45, 2.75) is 43.0 Å². The lowest BCUT2D eigenvalue weighted by Crippen LogP contribution is -2.55. The monoisotopic (exact) mass is 608 g/mol. The Hall–Kier alpha value is -4.03. The van der Waals surface area contributed by atoms with Gasteiger partial charge in [-0.05, 0) is 58.1 Å². The van der Waals surface area contributed by atoms with Crippen molar-refractivity contribution >= 4 is 33.2 Å². The van der Waals surface area contributed by atoms with Crippen LogP contribution in [0.5, 0.6) is 11.5 Å². The highest BCUT2D eigenvalue weighted by Crippen LogP contribution is 2.58. The van der Waals surface area contributed by atoms with Gasteiger partial charge in [0.2, 0.25) is 0 Å². The zero-order valence-electron chi connectivity index (χ0n) is 21.4. The van der Waals surface area contributed by atoms with Crippen molar-refractivity contribution in [1.29, 1.82) is 0 Å². The van der Waals surface area contributed by atoms with Gasteiger partial charge >= 0.3 is 0 Å².